The number of ether oxygens (including phenoxy) is 1. The van der Waals surface area contributed by atoms with Crippen LogP contribution in [0.25, 0.3) is 22.2 Å². The average Bonchev–Trinajstić information content (AvgIpc) is 3.42. The summed E-state index contributed by atoms with van der Waals surface area (Å²) < 4.78 is 5.77. The van der Waals surface area contributed by atoms with Gasteiger partial charge >= 0.3 is 0 Å². The molecule has 0 amide bonds. The van der Waals surface area contributed by atoms with Crippen LogP contribution in [0.5, 0.6) is 0 Å². The highest BCUT2D eigenvalue weighted by atomic mass is 16.5. The lowest BCUT2D eigenvalue weighted by Gasteiger charge is -2.24. The van der Waals surface area contributed by atoms with Crippen LogP contribution < -0.4 is 5.32 Å². The molecule has 4 heterocycles. The molecule has 28 heavy (non-hydrogen) atoms. The summed E-state index contributed by atoms with van der Waals surface area (Å²) >= 11 is 0. The summed E-state index contributed by atoms with van der Waals surface area (Å²) in [5.41, 5.74) is 8.30. The zero-order valence-electron chi connectivity index (χ0n) is 16.1. The van der Waals surface area contributed by atoms with E-state index in [1.165, 1.54) is 35.1 Å². The average molecular weight is 372 g/mol. The standard InChI is InChI=1S/C23H24N4O/c1-14(10-24)20-12-27-23-19(20)9-17(11-26-23)16-7-15-4-6-28-13-21(15)18(8-16)22-3-2-5-25-22/h7-9,11-12,14,22,25H,2-6,13H2,1H3,(H,26,27)/t14?,22-/m0/s1. The Labute approximate surface area is 164 Å². The van der Waals surface area contributed by atoms with Crippen LogP contribution in [0.15, 0.2) is 30.6 Å². The number of nitrogens with zero attached hydrogens (tertiary/aromatic N) is 2. The van der Waals surface area contributed by atoms with Gasteiger partial charge in [0.25, 0.3) is 0 Å². The van der Waals surface area contributed by atoms with E-state index in [0.717, 1.165) is 41.7 Å². The molecule has 2 aromatic heterocycles. The minimum absolute atomic E-state index is 0.162. The Hall–Kier alpha value is -2.68. The van der Waals surface area contributed by atoms with E-state index in [-0.39, 0.29) is 5.92 Å². The van der Waals surface area contributed by atoms with Gasteiger partial charge in [0.15, 0.2) is 0 Å². The zero-order chi connectivity index (χ0) is 19.1. The van der Waals surface area contributed by atoms with E-state index in [9.17, 15) is 5.26 Å². The van der Waals surface area contributed by atoms with E-state index in [4.69, 9.17) is 4.74 Å². The molecule has 142 valence electrons. The minimum atomic E-state index is -0.162. The maximum absolute atomic E-state index is 9.34. The number of hydrogen-bond acceptors (Lipinski definition) is 4. The molecule has 1 saturated heterocycles. The number of fused-ring (bicyclic) bond motifs is 2. The second-order valence-corrected chi connectivity index (χ2v) is 7.87. The van der Waals surface area contributed by atoms with Gasteiger partial charge in [0.1, 0.15) is 5.65 Å². The van der Waals surface area contributed by atoms with E-state index in [1.54, 1.807) is 0 Å². The molecule has 0 radical (unpaired) electrons. The molecule has 0 aliphatic carbocycles. The number of H-pyrrole nitrogens is 1. The molecule has 2 aliphatic heterocycles. The predicted octanol–water partition coefficient (Wildman–Crippen LogP) is 4.35. The van der Waals surface area contributed by atoms with Crippen molar-refractivity contribution in [3.8, 4) is 17.2 Å². The number of rotatable bonds is 3. The molecule has 5 rings (SSSR count). The van der Waals surface area contributed by atoms with Crippen molar-refractivity contribution in [2.45, 2.75) is 44.8 Å². The Morgan fingerprint density at radius 1 is 1.29 bits per heavy atom. The van der Waals surface area contributed by atoms with E-state index in [0.29, 0.717) is 12.6 Å². The fourth-order valence-corrected chi connectivity index (χ4v) is 4.55. The lowest BCUT2D eigenvalue weighted by molar-refractivity contribution is 0.109. The van der Waals surface area contributed by atoms with Crippen molar-refractivity contribution < 1.29 is 4.74 Å². The van der Waals surface area contributed by atoms with Gasteiger partial charge in [-0.15, -0.1) is 0 Å². The largest absolute Gasteiger partial charge is 0.376 e. The Morgan fingerprint density at radius 2 is 2.21 bits per heavy atom. The highest BCUT2D eigenvalue weighted by Gasteiger charge is 2.24. The number of nitrogens with one attached hydrogen (secondary N) is 2. The molecular weight excluding hydrogens is 348 g/mol. The monoisotopic (exact) mass is 372 g/mol. The number of aromatic nitrogens is 2. The van der Waals surface area contributed by atoms with Crippen LogP contribution in [0.2, 0.25) is 0 Å². The fraction of sp³-hybridized carbons (Fsp3) is 0.391. The number of hydrogen-bond donors (Lipinski definition) is 2. The van der Waals surface area contributed by atoms with Gasteiger partial charge in [0.2, 0.25) is 0 Å². The predicted molar refractivity (Wildman–Crippen MR) is 109 cm³/mol. The summed E-state index contributed by atoms with van der Waals surface area (Å²) in [4.78, 5) is 7.83. The van der Waals surface area contributed by atoms with Gasteiger partial charge in [-0.1, -0.05) is 6.07 Å². The van der Waals surface area contributed by atoms with Gasteiger partial charge in [-0.05, 0) is 72.7 Å². The number of pyridine rings is 1. The number of benzene rings is 1. The van der Waals surface area contributed by atoms with Crippen molar-refractivity contribution in [3.05, 3.63) is 52.8 Å². The summed E-state index contributed by atoms with van der Waals surface area (Å²) in [6.07, 6.45) is 7.20. The van der Waals surface area contributed by atoms with Crippen LogP contribution in [-0.4, -0.2) is 23.1 Å². The van der Waals surface area contributed by atoms with Crippen molar-refractivity contribution >= 4 is 11.0 Å². The van der Waals surface area contributed by atoms with Gasteiger partial charge in [-0.3, -0.25) is 0 Å². The molecule has 2 aliphatic rings. The summed E-state index contributed by atoms with van der Waals surface area (Å²) in [5, 5.41) is 14.0. The van der Waals surface area contributed by atoms with Crippen LogP contribution in [0.1, 0.15) is 54.0 Å². The SMILES string of the molecule is CC(C#N)c1c[nH]c2ncc(-c3cc4c(c([C@@H]5CCCN5)c3)COCC4)cc12. The molecule has 5 nitrogen and oxygen atoms in total. The highest BCUT2D eigenvalue weighted by molar-refractivity contribution is 5.85. The molecule has 1 fully saturated rings. The van der Waals surface area contributed by atoms with E-state index < -0.39 is 0 Å². The molecule has 5 heteroatoms. The Bertz CT molecular complexity index is 1070. The van der Waals surface area contributed by atoms with Crippen molar-refractivity contribution in [2.75, 3.05) is 13.2 Å². The first-order chi connectivity index (χ1) is 13.7. The van der Waals surface area contributed by atoms with Crippen molar-refractivity contribution in [1.29, 1.82) is 5.26 Å². The quantitative estimate of drug-likeness (QED) is 0.717. The van der Waals surface area contributed by atoms with Crippen LogP contribution in [-0.2, 0) is 17.8 Å². The number of aromatic amines is 1. The topological polar surface area (TPSA) is 73.7 Å². The molecule has 2 N–H and O–H groups in total. The van der Waals surface area contributed by atoms with Gasteiger partial charge in [-0.25, -0.2) is 4.98 Å². The van der Waals surface area contributed by atoms with Gasteiger partial charge in [-0.2, -0.15) is 5.26 Å². The van der Waals surface area contributed by atoms with Crippen LogP contribution in [0, 0.1) is 11.3 Å². The third-order valence-electron chi connectivity index (χ3n) is 6.13. The maximum Gasteiger partial charge on any atom is 0.137 e. The van der Waals surface area contributed by atoms with Crippen LogP contribution >= 0.6 is 0 Å². The fourth-order valence-electron chi connectivity index (χ4n) is 4.55. The molecule has 3 aromatic rings. The van der Waals surface area contributed by atoms with E-state index in [2.05, 4.69) is 39.6 Å². The van der Waals surface area contributed by atoms with Gasteiger partial charge in [0.05, 0.1) is 25.2 Å². The van der Waals surface area contributed by atoms with Crippen molar-refractivity contribution in [3.63, 3.8) is 0 Å². The third kappa shape index (κ3) is 2.90. The summed E-state index contributed by atoms with van der Waals surface area (Å²) in [7, 11) is 0. The molecule has 2 atom stereocenters. The first-order valence-corrected chi connectivity index (χ1v) is 10.1. The summed E-state index contributed by atoms with van der Waals surface area (Å²) in [6, 6.07) is 9.55. The van der Waals surface area contributed by atoms with Crippen LogP contribution in [0.3, 0.4) is 0 Å². The summed E-state index contributed by atoms with van der Waals surface area (Å²) in [6.45, 7) is 4.50. The lowest BCUT2D eigenvalue weighted by atomic mass is 9.88. The Kier molecular flexibility index (Phi) is 4.38. The van der Waals surface area contributed by atoms with Crippen molar-refractivity contribution in [2.24, 2.45) is 0 Å². The molecule has 1 aromatic carbocycles. The smallest absolute Gasteiger partial charge is 0.137 e. The summed E-state index contributed by atoms with van der Waals surface area (Å²) in [5.74, 6) is -0.162. The van der Waals surface area contributed by atoms with E-state index >= 15 is 0 Å². The lowest BCUT2D eigenvalue weighted by Crippen LogP contribution is -2.19. The highest BCUT2D eigenvalue weighted by Crippen LogP contribution is 2.36. The molecule has 0 saturated carbocycles. The van der Waals surface area contributed by atoms with Crippen molar-refractivity contribution in [1.82, 2.24) is 15.3 Å². The maximum atomic E-state index is 9.34. The minimum Gasteiger partial charge on any atom is -0.376 e. The second-order valence-electron chi connectivity index (χ2n) is 7.87. The molecular formula is C23H24N4O. The molecule has 1 unspecified atom stereocenters. The second kappa shape index (κ2) is 7.05. The van der Waals surface area contributed by atoms with E-state index in [1.807, 2.05) is 19.3 Å². The molecule has 0 bridgehead atoms. The Balaban J connectivity index is 1.64. The first-order valence-electron chi connectivity index (χ1n) is 10.1. The normalized spacial score (nSPS) is 20.1. The number of nitriles is 1. The third-order valence-corrected chi connectivity index (χ3v) is 6.13. The van der Waals surface area contributed by atoms with Crippen LogP contribution in [0.4, 0.5) is 0 Å². The van der Waals surface area contributed by atoms with Gasteiger partial charge < -0.3 is 15.0 Å². The first kappa shape index (κ1) is 17.4. The Morgan fingerprint density at radius 3 is 3.04 bits per heavy atom. The molecule has 0 spiro atoms. The zero-order valence-corrected chi connectivity index (χ0v) is 16.1. The van der Waals surface area contributed by atoms with Gasteiger partial charge in [0, 0.05) is 29.4 Å².